The first-order chi connectivity index (χ1) is 13.5. The number of benzene rings is 1. The van der Waals surface area contributed by atoms with Crippen molar-refractivity contribution < 1.29 is 27.4 Å². The highest BCUT2D eigenvalue weighted by molar-refractivity contribution is 5.95. The Morgan fingerprint density at radius 1 is 1.29 bits per heavy atom. The van der Waals surface area contributed by atoms with Crippen molar-refractivity contribution in [3.63, 3.8) is 0 Å². The van der Waals surface area contributed by atoms with Gasteiger partial charge in [0.2, 0.25) is 5.91 Å². The number of carbonyl (C=O) groups excluding carboxylic acids is 1. The van der Waals surface area contributed by atoms with Gasteiger partial charge in [-0.15, -0.1) is 0 Å². The molecule has 1 aliphatic heterocycles. The lowest BCUT2D eigenvalue weighted by atomic mass is 10.1. The molecule has 1 aromatic carbocycles. The standard InChI is InChI=1S/C18H25F3N4O3/c1-22-18(23-6-2-7-27-10-12-5-8-28-11-12)24-9-15(26)25-14-4-3-13(19)16(20)17(14)21/h3-4,12H,2,5-11H2,1H3,(H,25,26)(H2,22,23,24). The highest BCUT2D eigenvalue weighted by Crippen LogP contribution is 2.19. The molecule has 0 spiro atoms. The fourth-order valence-electron chi connectivity index (χ4n) is 2.55. The minimum atomic E-state index is -1.63. The van der Waals surface area contributed by atoms with E-state index in [0.717, 1.165) is 38.2 Å². The van der Waals surface area contributed by atoms with Crippen LogP contribution in [-0.2, 0) is 14.3 Å². The average molecular weight is 402 g/mol. The van der Waals surface area contributed by atoms with Crippen molar-refractivity contribution in [1.82, 2.24) is 10.6 Å². The summed E-state index contributed by atoms with van der Waals surface area (Å²) >= 11 is 0. The van der Waals surface area contributed by atoms with Crippen LogP contribution in [0.2, 0.25) is 0 Å². The Kier molecular flexibility index (Phi) is 9.02. The smallest absolute Gasteiger partial charge is 0.243 e. The van der Waals surface area contributed by atoms with Crippen LogP contribution < -0.4 is 16.0 Å². The lowest BCUT2D eigenvalue weighted by Crippen LogP contribution is -2.42. The van der Waals surface area contributed by atoms with Crippen LogP contribution in [0.1, 0.15) is 12.8 Å². The fourth-order valence-corrected chi connectivity index (χ4v) is 2.55. The van der Waals surface area contributed by atoms with Crippen LogP contribution >= 0.6 is 0 Å². The van der Waals surface area contributed by atoms with Crippen molar-refractivity contribution in [1.29, 1.82) is 0 Å². The van der Waals surface area contributed by atoms with E-state index < -0.39 is 29.0 Å². The number of aliphatic imine (C=N–C) groups is 1. The van der Waals surface area contributed by atoms with Crippen molar-refractivity contribution in [2.75, 3.05) is 51.9 Å². The van der Waals surface area contributed by atoms with Gasteiger partial charge in [-0.1, -0.05) is 0 Å². The number of anilines is 1. The summed E-state index contributed by atoms with van der Waals surface area (Å²) in [5, 5.41) is 7.94. The molecule has 0 aromatic heterocycles. The molecular formula is C18H25F3N4O3. The van der Waals surface area contributed by atoms with Gasteiger partial charge in [-0.05, 0) is 25.0 Å². The van der Waals surface area contributed by atoms with E-state index in [0.29, 0.717) is 31.6 Å². The summed E-state index contributed by atoms with van der Waals surface area (Å²) in [5.41, 5.74) is -0.432. The second-order valence-corrected chi connectivity index (χ2v) is 6.28. The van der Waals surface area contributed by atoms with E-state index in [2.05, 4.69) is 20.9 Å². The molecule has 1 saturated heterocycles. The molecule has 1 atom stereocenters. The first kappa shape index (κ1) is 22.0. The van der Waals surface area contributed by atoms with Gasteiger partial charge in [0.1, 0.15) is 0 Å². The monoisotopic (exact) mass is 402 g/mol. The molecule has 2 rings (SSSR count). The topological polar surface area (TPSA) is 84.0 Å². The molecule has 10 heteroatoms. The highest BCUT2D eigenvalue weighted by atomic mass is 19.2. The number of halogens is 3. The lowest BCUT2D eigenvalue weighted by Gasteiger charge is -2.13. The largest absolute Gasteiger partial charge is 0.381 e. The van der Waals surface area contributed by atoms with Crippen LogP contribution in [0, 0.1) is 23.4 Å². The van der Waals surface area contributed by atoms with Gasteiger partial charge in [-0.2, -0.15) is 0 Å². The number of guanidine groups is 1. The Bertz CT molecular complexity index is 682. The third-order valence-corrected chi connectivity index (χ3v) is 4.08. The van der Waals surface area contributed by atoms with Crippen molar-refractivity contribution in [2.24, 2.45) is 10.9 Å². The molecule has 7 nitrogen and oxygen atoms in total. The summed E-state index contributed by atoms with van der Waals surface area (Å²) in [6, 6.07) is 1.69. The van der Waals surface area contributed by atoms with Gasteiger partial charge in [0.15, 0.2) is 23.4 Å². The van der Waals surface area contributed by atoms with E-state index in [1.165, 1.54) is 0 Å². The van der Waals surface area contributed by atoms with Crippen LogP contribution in [0.4, 0.5) is 18.9 Å². The van der Waals surface area contributed by atoms with Crippen LogP contribution in [0.3, 0.4) is 0 Å². The summed E-state index contributed by atoms with van der Waals surface area (Å²) < 4.78 is 50.5. The maximum absolute atomic E-state index is 13.5. The van der Waals surface area contributed by atoms with Gasteiger partial charge < -0.3 is 25.4 Å². The van der Waals surface area contributed by atoms with E-state index in [1.807, 2.05) is 0 Å². The maximum Gasteiger partial charge on any atom is 0.243 e. The third-order valence-electron chi connectivity index (χ3n) is 4.08. The highest BCUT2D eigenvalue weighted by Gasteiger charge is 2.16. The molecular weight excluding hydrogens is 377 g/mol. The first-order valence-corrected chi connectivity index (χ1v) is 9.04. The molecule has 1 fully saturated rings. The minimum absolute atomic E-state index is 0.226. The number of nitrogens with zero attached hydrogens (tertiary/aromatic N) is 1. The number of ether oxygens (including phenoxy) is 2. The molecule has 156 valence electrons. The van der Waals surface area contributed by atoms with E-state index in [1.54, 1.807) is 7.05 Å². The van der Waals surface area contributed by atoms with Crippen LogP contribution in [-0.4, -0.2) is 58.4 Å². The summed E-state index contributed by atoms with van der Waals surface area (Å²) in [7, 11) is 1.54. The van der Waals surface area contributed by atoms with Gasteiger partial charge in [-0.25, -0.2) is 13.2 Å². The SMILES string of the molecule is CN=C(NCCCOCC1CCOC1)NCC(=O)Nc1ccc(F)c(F)c1F. The molecule has 1 heterocycles. The van der Waals surface area contributed by atoms with Crippen LogP contribution in [0.5, 0.6) is 0 Å². The second kappa shape index (κ2) is 11.5. The molecule has 0 saturated carbocycles. The normalized spacial score (nSPS) is 16.9. The number of hydrogen-bond donors (Lipinski definition) is 3. The number of rotatable bonds is 9. The molecule has 1 unspecified atom stereocenters. The molecule has 1 aromatic rings. The van der Waals surface area contributed by atoms with Gasteiger partial charge in [-0.3, -0.25) is 9.79 Å². The second-order valence-electron chi connectivity index (χ2n) is 6.28. The lowest BCUT2D eigenvalue weighted by molar-refractivity contribution is -0.115. The first-order valence-electron chi connectivity index (χ1n) is 9.04. The van der Waals surface area contributed by atoms with Gasteiger partial charge in [0.25, 0.3) is 0 Å². The molecule has 0 aliphatic carbocycles. The van der Waals surface area contributed by atoms with E-state index in [9.17, 15) is 18.0 Å². The number of amides is 1. The summed E-state index contributed by atoms with van der Waals surface area (Å²) in [4.78, 5) is 15.8. The average Bonchev–Trinajstić information content (AvgIpc) is 3.21. The predicted molar refractivity (Wildman–Crippen MR) is 98.7 cm³/mol. The summed E-state index contributed by atoms with van der Waals surface area (Å²) in [6.07, 6.45) is 1.78. The number of carbonyl (C=O) groups is 1. The molecule has 3 N–H and O–H groups in total. The van der Waals surface area contributed by atoms with Crippen molar-refractivity contribution in [3.05, 3.63) is 29.6 Å². The Morgan fingerprint density at radius 3 is 2.82 bits per heavy atom. The van der Waals surface area contributed by atoms with Crippen molar-refractivity contribution >= 4 is 17.6 Å². The molecule has 1 aliphatic rings. The number of hydrogen-bond acceptors (Lipinski definition) is 4. The Labute approximate surface area is 161 Å². The third kappa shape index (κ3) is 7.01. The van der Waals surface area contributed by atoms with Crippen molar-refractivity contribution in [3.8, 4) is 0 Å². The summed E-state index contributed by atoms with van der Waals surface area (Å²) in [5.74, 6) is -4.18. The molecule has 0 radical (unpaired) electrons. The Hall–Kier alpha value is -2.33. The van der Waals surface area contributed by atoms with E-state index >= 15 is 0 Å². The zero-order valence-corrected chi connectivity index (χ0v) is 15.7. The Balaban J connectivity index is 1.62. The van der Waals surface area contributed by atoms with Gasteiger partial charge in [0.05, 0.1) is 25.4 Å². The van der Waals surface area contributed by atoms with Crippen LogP contribution in [0.25, 0.3) is 0 Å². The van der Waals surface area contributed by atoms with Gasteiger partial charge in [0, 0.05) is 32.7 Å². The van der Waals surface area contributed by atoms with Crippen LogP contribution in [0.15, 0.2) is 17.1 Å². The predicted octanol–water partition coefficient (Wildman–Crippen LogP) is 1.65. The summed E-state index contributed by atoms with van der Waals surface area (Å²) in [6.45, 7) is 3.19. The number of nitrogens with one attached hydrogen (secondary N) is 3. The Morgan fingerprint density at radius 2 is 2.11 bits per heavy atom. The fraction of sp³-hybridized carbons (Fsp3) is 0.556. The van der Waals surface area contributed by atoms with E-state index in [-0.39, 0.29) is 6.54 Å². The molecule has 28 heavy (non-hydrogen) atoms. The van der Waals surface area contributed by atoms with E-state index in [4.69, 9.17) is 9.47 Å². The van der Waals surface area contributed by atoms with Gasteiger partial charge >= 0.3 is 0 Å². The van der Waals surface area contributed by atoms with Crippen molar-refractivity contribution in [2.45, 2.75) is 12.8 Å². The maximum atomic E-state index is 13.5. The zero-order chi connectivity index (χ0) is 20.4. The quantitative estimate of drug-likeness (QED) is 0.253. The molecule has 1 amide bonds. The minimum Gasteiger partial charge on any atom is -0.381 e. The molecule has 0 bridgehead atoms. The zero-order valence-electron chi connectivity index (χ0n) is 15.7.